The van der Waals surface area contributed by atoms with Crippen LogP contribution in [0.5, 0.6) is 0 Å². The number of nitrogens with zero attached hydrogens (tertiary/aromatic N) is 1. The molecule has 2 aromatic carbocycles. The first kappa shape index (κ1) is 15.4. The Hall–Kier alpha value is -2.53. The fourth-order valence-electron chi connectivity index (χ4n) is 2.56. The number of likely N-dealkylation sites (N-methyl/N-ethyl adjacent to an activating group) is 1. The van der Waals surface area contributed by atoms with Gasteiger partial charge in [0.05, 0.1) is 6.42 Å². The predicted molar refractivity (Wildman–Crippen MR) is 90.9 cm³/mol. The van der Waals surface area contributed by atoms with Gasteiger partial charge in [-0.1, -0.05) is 29.8 Å². The molecule has 118 valence electrons. The zero-order chi connectivity index (χ0) is 16.4. The van der Waals surface area contributed by atoms with Crippen LogP contribution in [0.1, 0.15) is 11.1 Å². The van der Waals surface area contributed by atoms with E-state index in [2.05, 4.69) is 10.6 Å². The van der Waals surface area contributed by atoms with Gasteiger partial charge in [0.2, 0.25) is 5.91 Å². The van der Waals surface area contributed by atoms with Crippen LogP contribution in [0.25, 0.3) is 0 Å². The van der Waals surface area contributed by atoms with Gasteiger partial charge in [0.1, 0.15) is 0 Å². The molecule has 23 heavy (non-hydrogen) atoms. The third-order valence-corrected chi connectivity index (χ3v) is 3.99. The Morgan fingerprint density at radius 3 is 2.87 bits per heavy atom. The number of fused-ring (bicyclic) bond motifs is 1. The van der Waals surface area contributed by atoms with Gasteiger partial charge >= 0.3 is 6.03 Å². The minimum Gasteiger partial charge on any atom is -0.334 e. The maximum absolute atomic E-state index is 11.9. The number of carbonyl (C=O) groups excluding carboxylic acids is 2. The number of nitrogens with one attached hydrogen (secondary N) is 2. The molecular formula is C17H16ClN3O2. The Bertz CT molecular complexity index is 776. The molecule has 0 fully saturated rings. The van der Waals surface area contributed by atoms with Crippen LogP contribution < -0.4 is 15.5 Å². The van der Waals surface area contributed by atoms with Gasteiger partial charge in [-0.25, -0.2) is 4.79 Å². The first-order valence-electron chi connectivity index (χ1n) is 7.22. The molecular weight excluding hydrogens is 314 g/mol. The Morgan fingerprint density at radius 2 is 2.09 bits per heavy atom. The van der Waals surface area contributed by atoms with Crippen molar-refractivity contribution >= 4 is 34.9 Å². The van der Waals surface area contributed by atoms with Crippen molar-refractivity contribution in [3.63, 3.8) is 0 Å². The van der Waals surface area contributed by atoms with E-state index < -0.39 is 0 Å². The van der Waals surface area contributed by atoms with Crippen LogP contribution in [0.15, 0.2) is 42.5 Å². The summed E-state index contributed by atoms with van der Waals surface area (Å²) in [6.45, 7) is 0.386. The topological polar surface area (TPSA) is 61.4 Å². The van der Waals surface area contributed by atoms with Crippen molar-refractivity contribution in [2.45, 2.75) is 13.0 Å². The Labute approximate surface area is 139 Å². The van der Waals surface area contributed by atoms with Gasteiger partial charge in [-0.05, 0) is 35.4 Å². The van der Waals surface area contributed by atoms with E-state index in [9.17, 15) is 9.59 Å². The molecule has 0 aliphatic carbocycles. The summed E-state index contributed by atoms with van der Waals surface area (Å²) in [7, 11) is 1.77. The Balaban J connectivity index is 1.60. The van der Waals surface area contributed by atoms with E-state index in [0.717, 1.165) is 16.8 Å². The zero-order valence-corrected chi connectivity index (χ0v) is 13.4. The quantitative estimate of drug-likeness (QED) is 0.908. The molecule has 0 aromatic heterocycles. The van der Waals surface area contributed by atoms with Gasteiger partial charge in [0, 0.05) is 30.0 Å². The standard InChI is InChI=1S/C17H16ClN3O2/c1-21-15-6-5-11(7-12(15)8-16(21)22)10-19-17(23)20-14-4-2-3-13(18)9-14/h2-7,9H,8,10H2,1H3,(H2,19,20,23). The molecule has 0 atom stereocenters. The van der Waals surface area contributed by atoms with E-state index in [1.807, 2.05) is 18.2 Å². The highest BCUT2D eigenvalue weighted by Gasteiger charge is 2.23. The van der Waals surface area contributed by atoms with Crippen LogP contribution in [-0.2, 0) is 17.8 Å². The predicted octanol–water partition coefficient (Wildman–Crippen LogP) is 3.18. The summed E-state index contributed by atoms with van der Waals surface area (Å²) in [6.07, 6.45) is 0.411. The van der Waals surface area contributed by atoms with Gasteiger partial charge in [0.15, 0.2) is 0 Å². The monoisotopic (exact) mass is 329 g/mol. The minimum absolute atomic E-state index is 0.0869. The molecule has 3 rings (SSSR count). The van der Waals surface area contributed by atoms with E-state index in [0.29, 0.717) is 23.7 Å². The highest BCUT2D eigenvalue weighted by molar-refractivity contribution is 6.30. The van der Waals surface area contributed by atoms with Gasteiger partial charge in [-0.2, -0.15) is 0 Å². The summed E-state index contributed by atoms with van der Waals surface area (Å²) in [4.78, 5) is 25.2. The molecule has 0 bridgehead atoms. The third-order valence-electron chi connectivity index (χ3n) is 3.76. The molecule has 0 saturated heterocycles. The van der Waals surface area contributed by atoms with Crippen molar-refractivity contribution in [3.05, 3.63) is 58.6 Å². The molecule has 0 spiro atoms. The molecule has 2 N–H and O–H groups in total. The SMILES string of the molecule is CN1C(=O)Cc2cc(CNC(=O)Nc3cccc(Cl)c3)ccc21. The summed E-state index contributed by atoms with van der Waals surface area (Å²) in [5, 5.41) is 6.08. The average molecular weight is 330 g/mol. The third kappa shape index (κ3) is 3.46. The number of halogens is 1. The van der Waals surface area contributed by atoms with Gasteiger partial charge in [-0.3, -0.25) is 4.79 Å². The molecule has 1 heterocycles. The molecule has 0 saturated carbocycles. The van der Waals surface area contributed by atoms with E-state index in [4.69, 9.17) is 11.6 Å². The molecule has 1 aliphatic heterocycles. The van der Waals surface area contributed by atoms with E-state index in [1.54, 1.807) is 36.2 Å². The van der Waals surface area contributed by atoms with Crippen molar-refractivity contribution in [3.8, 4) is 0 Å². The molecule has 1 aliphatic rings. The number of benzene rings is 2. The summed E-state index contributed by atoms with van der Waals surface area (Å²) >= 11 is 5.88. The average Bonchev–Trinajstić information content (AvgIpc) is 2.80. The Morgan fingerprint density at radius 1 is 1.26 bits per heavy atom. The largest absolute Gasteiger partial charge is 0.334 e. The first-order chi connectivity index (χ1) is 11.0. The highest BCUT2D eigenvalue weighted by Crippen LogP contribution is 2.28. The van der Waals surface area contributed by atoms with Crippen LogP contribution in [0, 0.1) is 0 Å². The lowest BCUT2D eigenvalue weighted by Crippen LogP contribution is -2.28. The molecule has 5 nitrogen and oxygen atoms in total. The summed E-state index contributed by atoms with van der Waals surface area (Å²) in [5.74, 6) is 0.0869. The zero-order valence-electron chi connectivity index (χ0n) is 12.6. The van der Waals surface area contributed by atoms with Crippen LogP contribution in [0.2, 0.25) is 5.02 Å². The normalized spacial score (nSPS) is 13.0. The highest BCUT2D eigenvalue weighted by atomic mass is 35.5. The number of hydrogen-bond donors (Lipinski definition) is 2. The molecule has 3 amide bonds. The maximum atomic E-state index is 11.9. The number of anilines is 2. The number of hydrogen-bond acceptors (Lipinski definition) is 2. The smallest absolute Gasteiger partial charge is 0.319 e. The summed E-state index contributed by atoms with van der Waals surface area (Å²) in [5.41, 5.74) is 3.51. The molecule has 0 unspecified atom stereocenters. The van der Waals surface area contributed by atoms with Crippen LogP contribution in [0.3, 0.4) is 0 Å². The van der Waals surface area contributed by atoms with Crippen LogP contribution in [-0.4, -0.2) is 19.0 Å². The lowest BCUT2D eigenvalue weighted by atomic mass is 10.1. The Kier molecular flexibility index (Phi) is 4.21. The van der Waals surface area contributed by atoms with Gasteiger partial charge < -0.3 is 15.5 Å². The van der Waals surface area contributed by atoms with Crippen molar-refractivity contribution in [2.75, 3.05) is 17.3 Å². The van der Waals surface area contributed by atoms with Gasteiger partial charge in [-0.15, -0.1) is 0 Å². The minimum atomic E-state index is -0.305. The summed E-state index contributed by atoms with van der Waals surface area (Å²) in [6, 6.07) is 12.4. The van der Waals surface area contributed by atoms with Crippen LogP contribution >= 0.6 is 11.6 Å². The molecule has 2 aromatic rings. The van der Waals surface area contributed by atoms with E-state index >= 15 is 0 Å². The number of carbonyl (C=O) groups is 2. The lowest BCUT2D eigenvalue weighted by molar-refractivity contribution is -0.117. The fraction of sp³-hybridized carbons (Fsp3) is 0.176. The first-order valence-corrected chi connectivity index (χ1v) is 7.59. The van der Waals surface area contributed by atoms with Crippen molar-refractivity contribution < 1.29 is 9.59 Å². The maximum Gasteiger partial charge on any atom is 0.319 e. The van der Waals surface area contributed by atoms with Crippen molar-refractivity contribution in [1.82, 2.24) is 5.32 Å². The number of urea groups is 1. The second kappa shape index (κ2) is 6.30. The summed E-state index contributed by atoms with van der Waals surface area (Å²) < 4.78 is 0. The van der Waals surface area contributed by atoms with Crippen molar-refractivity contribution in [2.24, 2.45) is 0 Å². The van der Waals surface area contributed by atoms with Gasteiger partial charge in [0.25, 0.3) is 0 Å². The number of rotatable bonds is 3. The van der Waals surface area contributed by atoms with E-state index in [-0.39, 0.29) is 11.9 Å². The number of amides is 3. The second-order valence-corrected chi connectivity index (χ2v) is 5.85. The molecule has 6 heteroatoms. The molecule has 0 radical (unpaired) electrons. The van der Waals surface area contributed by atoms with Crippen molar-refractivity contribution in [1.29, 1.82) is 0 Å². The van der Waals surface area contributed by atoms with E-state index in [1.165, 1.54) is 0 Å². The second-order valence-electron chi connectivity index (χ2n) is 5.41. The lowest BCUT2D eigenvalue weighted by Gasteiger charge is -2.11. The fourth-order valence-corrected chi connectivity index (χ4v) is 2.75. The van der Waals surface area contributed by atoms with Crippen LogP contribution in [0.4, 0.5) is 16.2 Å².